The molecule has 31 heavy (non-hydrogen) atoms. The Morgan fingerprint density at radius 1 is 1.23 bits per heavy atom. The van der Waals surface area contributed by atoms with E-state index in [1.807, 2.05) is 36.1 Å². The smallest absolute Gasteiger partial charge is 0.475 e. The molecule has 0 spiro atoms. The molecule has 1 fully saturated rings. The van der Waals surface area contributed by atoms with Gasteiger partial charge in [0.25, 0.3) is 5.91 Å². The molecule has 2 aliphatic rings. The molecule has 0 radical (unpaired) electrons. The molecular formula is C20H26F3N5O3. The van der Waals surface area contributed by atoms with Crippen molar-refractivity contribution in [1.29, 1.82) is 0 Å². The van der Waals surface area contributed by atoms with E-state index in [2.05, 4.69) is 26.1 Å². The van der Waals surface area contributed by atoms with E-state index >= 15 is 0 Å². The number of carbonyl (C=O) groups excluding carboxylic acids is 1. The minimum absolute atomic E-state index is 0.00109. The number of aliphatic carboxylic acids is 1. The number of rotatable bonds is 5. The first-order valence-corrected chi connectivity index (χ1v) is 10.1. The van der Waals surface area contributed by atoms with E-state index in [4.69, 9.17) is 9.90 Å². The van der Waals surface area contributed by atoms with Crippen LogP contribution in [0.5, 0.6) is 0 Å². The Morgan fingerprint density at radius 2 is 1.94 bits per heavy atom. The van der Waals surface area contributed by atoms with Crippen LogP contribution in [0.4, 0.5) is 13.2 Å². The third-order valence-electron chi connectivity index (χ3n) is 5.32. The monoisotopic (exact) mass is 441 g/mol. The van der Waals surface area contributed by atoms with E-state index in [1.165, 1.54) is 25.1 Å². The number of nitrogens with one attached hydrogen (secondary N) is 1. The number of hydrogen-bond donors (Lipinski definition) is 2. The summed E-state index contributed by atoms with van der Waals surface area (Å²) in [4.78, 5) is 23.8. The zero-order chi connectivity index (χ0) is 22.6. The highest BCUT2D eigenvalue weighted by atomic mass is 19.4. The van der Waals surface area contributed by atoms with Crippen LogP contribution in [0.15, 0.2) is 30.6 Å². The third kappa shape index (κ3) is 6.58. The predicted molar refractivity (Wildman–Crippen MR) is 105 cm³/mol. The molecule has 0 saturated heterocycles. The summed E-state index contributed by atoms with van der Waals surface area (Å²) in [6, 6.07) is 5.87. The van der Waals surface area contributed by atoms with Crippen LogP contribution < -0.4 is 5.32 Å². The van der Waals surface area contributed by atoms with Gasteiger partial charge in [-0.3, -0.25) is 14.4 Å². The largest absolute Gasteiger partial charge is 0.490 e. The number of carboxylic acid groups (broad SMARTS) is 1. The number of aryl methyl sites for hydroxylation is 1. The molecule has 1 unspecified atom stereocenters. The summed E-state index contributed by atoms with van der Waals surface area (Å²) in [5, 5.41) is 14.7. The zero-order valence-corrected chi connectivity index (χ0v) is 17.2. The van der Waals surface area contributed by atoms with E-state index in [-0.39, 0.29) is 5.91 Å². The van der Waals surface area contributed by atoms with Crippen LogP contribution in [0.25, 0.3) is 0 Å². The number of halogens is 3. The highest BCUT2D eigenvalue weighted by molar-refractivity contribution is 5.92. The maximum Gasteiger partial charge on any atom is 0.490 e. The molecule has 1 amide bonds. The summed E-state index contributed by atoms with van der Waals surface area (Å²) in [6.45, 7) is 4.72. The minimum Gasteiger partial charge on any atom is -0.475 e. The first-order chi connectivity index (χ1) is 14.6. The fourth-order valence-corrected chi connectivity index (χ4v) is 3.58. The van der Waals surface area contributed by atoms with Crippen molar-refractivity contribution in [1.82, 2.24) is 24.6 Å². The number of nitrogens with zero attached hydrogens (tertiary/aromatic N) is 4. The van der Waals surface area contributed by atoms with Gasteiger partial charge >= 0.3 is 12.1 Å². The summed E-state index contributed by atoms with van der Waals surface area (Å²) in [5.74, 6) is -1.50. The topological polar surface area (TPSA) is 92.4 Å². The maximum atomic E-state index is 12.4. The van der Waals surface area contributed by atoms with Gasteiger partial charge in [-0.05, 0) is 37.0 Å². The number of carboxylic acids is 1. The fraction of sp³-hybridized carbons (Fsp3) is 0.550. The van der Waals surface area contributed by atoms with Crippen LogP contribution in [0, 0.1) is 11.8 Å². The Labute approximate surface area is 177 Å². The number of alkyl halides is 3. The van der Waals surface area contributed by atoms with Crippen molar-refractivity contribution < 1.29 is 27.9 Å². The molecule has 170 valence electrons. The van der Waals surface area contributed by atoms with Gasteiger partial charge in [0, 0.05) is 58.1 Å². The van der Waals surface area contributed by atoms with Gasteiger partial charge in [0.05, 0.1) is 5.69 Å². The van der Waals surface area contributed by atoms with Crippen LogP contribution in [-0.4, -0.2) is 62.0 Å². The summed E-state index contributed by atoms with van der Waals surface area (Å²) < 4.78 is 35.7. The molecular weight excluding hydrogens is 415 g/mol. The van der Waals surface area contributed by atoms with Crippen LogP contribution in [0.2, 0.25) is 0 Å². The summed E-state index contributed by atoms with van der Waals surface area (Å²) >= 11 is 0. The molecule has 4 rings (SSSR count). The Kier molecular flexibility index (Phi) is 7.04. The molecule has 2 aromatic heterocycles. The van der Waals surface area contributed by atoms with Gasteiger partial charge in [-0.15, -0.1) is 0 Å². The van der Waals surface area contributed by atoms with Crippen LogP contribution in [0.1, 0.15) is 29.0 Å². The second kappa shape index (κ2) is 9.54. The first-order valence-electron chi connectivity index (χ1n) is 10.1. The maximum absolute atomic E-state index is 12.4. The number of hydrogen-bond acceptors (Lipinski definition) is 4. The standard InChI is InChI=1S/C18H25N5O.C2HF3O2/c1-21-8-2-3-17(21)18(24)19-9-15-11-22(10-14-4-5-14)13-16-6-7-20-23(16)12-15;3-2(4,5)1(6)7/h2-3,6-8,14-15H,4-5,9-13H2,1H3,(H,19,24);(H,6,7). The van der Waals surface area contributed by atoms with Crippen molar-refractivity contribution in [3.63, 3.8) is 0 Å². The number of amides is 1. The molecule has 3 heterocycles. The van der Waals surface area contributed by atoms with Crippen molar-refractivity contribution in [3.05, 3.63) is 42.0 Å². The van der Waals surface area contributed by atoms with Crippen molar-refractivity contribution in [3.8, 4) is 0 Å². The molecule has 8 nitrogen and oxygen atoms in total. The Morgan fingerprint density at radius 3 is 2.52 bits per heavy atom. The summed E-state index contributed by atoms with van der Waals surface area (Å²) in [5.41, 5.74) is 1.99. The summed E-state index contributed by atoms with van der Waals surface area (Å²) in [7, 11) is 1.90. The van der Waals surface area contributed by atoms with E-state index in [9.17, 15) is 18.0 Å². The van der Waals surface area contributed by atoms with E-state index < -0.39 is 12.1 Å². The highest BCUT2D eigenvalue weighted by Crippen LogP contribution is 2.31. The minimum atomic E-state index is -5.08. The number of carbonyl (C=O) groups is 2. The van der Waals surface area contributed by atoms with Crippen molar-refractivity contribution >= 4 is 11.9 Å². The third-order valence-corrected chi connectivity index (χ3v) is 5.32. The van der Waals surface area contributed by atoms with Gasteiger partial charge in [-0.2, -0.15) is 18.3 Å². The van der Waals surface area contributed by atoms with E-state index in [0.717, 1.165) is 25.6 Å². The van der Waals surface area contributed by atoms with Crippen molar-refractivity contribution in [2.45, 2.75) is 32.1 Å². The normalized spacial score (nSPS) is 19.0. The molecule has 11 heteroatoms. The molecule has 0 bridgehead atoms. The molecule has 1 saturated carbocycles. The van der Waals surface area contributed by atoms with Crippen LogP contribution in [-0.2, 0) is 24.9 Å². The lowest BCUT2D eigenvalue weighted by atomic mass is 10.1. The lowest BCUT2D eigenvalue weighted by Gasteiger charge is -2.24. The number of fused-ring (bicyclic) bond motifs is 1. The Hall–Kier alpha value is -2.82. The van der Waals surface area contributed by atoms with Gasteiger partial charge < -0.3 is 15.0 Å². The second-order valence-electron chi connectivity index (χ2n) is 8.03. The van der Waals surface area contributed by atoms with E-state index in [0.29, 0.717) is 18.2 Å². The lowest BCUT2D eigenvalue weighted by Crippen LogP contribution is -2.37. The van der Waals surface area contributed by atoms with Gasteiger partial charge in [-0.25, -0.2) is 4.79 Å². The van der Waals surface area contributed by atoms with Gasteiger partial charge in [0.15, 0.2) is 0 Å². The molecule has 1 aliphatic carbocycles. The van der Waals surface area contributed by atoms with Crippen molar-refractivity contribution in [2.24, 2.45) is 18.9 Å². The van der Waals surface area contributed by atoms with Crippen LogP contribution >= 0.6 is 0 Å². The SMILES string of the molecule is Cn1cccc1C(=O)NCC1CN(CC2CC2)Cc2ccnn2C1.O=C(O)C(F)(F)F. The Bertz CT molecular complexity index is 904. The lowest BCUT2D eigenvalue weighted by molar-refractivity contribution is -0.192. The quantitative estimate of drug-likeness (QED) is 0.742. The molecule has 1 aliphatic heterocycles. The van der Waals surface area contributed by atoms with Crippen molar-refractivity contribution in [2.75, 3.05) is 19.6 Å². The zero-order valence-electron chi connectivity index (χ0n) is 17.2. The van der Waals surface area contributed by atoms with Gasteiger partial charge in [0.2, 0.25) is 0 Å². The first kappa shape index (κ1) is 22.9. The van der Waals surface area contributed by atoms with Gasteiger partial charge in [0.1, 0.15) is 5.69 Å². The van der Waals surface area contributed by atoms with E-state index in [1.54, 1.807) is 0 Å². The number of aromatic nitrogens is 3. The van der Waals surface area contributed by atoms with Gasteiger partial charge in [-0.1, -0.05) is 0 Å². The predicted octanol–water partition coefficient (Wildman–Crippen LogP) is 2.13. The highest BCUT2D eigenvalue weighted by Gasteiger charge is 2.38. The second-order valence-corrected chi connectivity index (χ2v) is 8.03. The average Bonchev–Trinajstić information content (AvgIpc) is 3.29. The summed E-state index contributed by atoms with van der Waals surface area (Å²) in [6.07, 6.45) is 1.43. The fourth-order valence-electron chi connectivity index (χ4n) is 3.58. The Balaban J connectivity index is 0.000000339. The molecule has 0 aromatic carbocycles. The molecule has 2 N–H and O–H groups in total. The van der Waals surface area contributed by atoms with Crippen LogP contribution in [0.3, 0.4) is 0 Å². The average molecular weight is 441 g/mol. The molecule has 2 aromatic rings. The molecule has 1 atom stereocenters.